The van der Waals surface area contributed by atoms with Crippen LogP contribution in [0.1, 0.15) is 17.7 Å². The van der Waals surface area contributed by atoms with E-state index in [-0.39, 0.29) is 0 Å². The van der Waals surface area contributed by atoms with Crippen molar-refractivity contribution in [3.63, 3.8) is 0 Å². The van der Waals surface area contributed by atoms with Crippen molar-refractivity contribution in [3.05, 3.63) is 39.9 Å². The van der Waals surface area contributed by atoms with Crippen LogP contribution in [0.5, 0.6) is 0 Å². The van der Waals surface area contributed by atoms with Gasteiger partial charge in [-0.2, -0.15) is 5.26 Å². The van der Waals surface area contributed by atoms with Gasteiger partial charge in [-0.1, -0.05) is 11.6 Å². The number of halogens is 1. The van der Waals surface area contributed by atoms with Crippen LogP contribution >= 0.6 is 22.9 Å². The van der Waals surface area contributed by atoms with E-state index >= 15 is 0 Å². The fourth-order valence-corrected chi connectivity index (χ4v) is 3.74. The van der Waals surface area contributed by atoms with Crippen LogP contribution in [0.15, 0.2) is 23.6 Å². The summed E-state index contributed by atoms with van der Waals surface area (Å²) in [6.07, 6.45) is 1.05. The summed E-state index contributed by atoms with van der Waals surface area (Å²) in [6, 6.07) is 7.79. The summed E-state index contributed by atoms with van der Waals surface area (Å²) in [5, 5.41) is 13.1. The number of aromatic nitrogens is 1. The molecule has 6 heteroatoms. The molecule has 1 saturated heterocycles. The number of anilines is 2. The molecule has 1 aliphatic rings. The van der Waals surface area contributed by atoms with E-state index in [4.69, 9.17) is 11.6 Å². The van der Waals surface area contributed by atoms with Gasteiger partial charge in [0.25, 0.3) is 0 Å². The molecule has 0 aliphatic carbocycles. The van der Waals surface area contributed by atoms with E-state index in [1.807, 2.05) is 19.1 Å². The molecule has 0 spiro atoms. The molecular formula is C16H17ClN4S. The second kappa shape index (κ2) is 6.55. The summed E-state index contributed by atoms with van der Waals surface area (Å²) in [6.45, 7) is 5.77. The molecule has 1 aromatic carbocycles. The number of hydrogen-bond acceptors (Lipinski definition) is 5. The number of thiazole rings is 1. The molecule has 0 bridgehead atoms. The molecule has 22 heavy (non-hydrogen) atoms. The van der Waals surface area contributed by atoms with Crippen LogP contribution in [0.2, 0.25) is 5.02 Å². The molecule has 1 aromatic heterocycles. The van der Waals surface area contributed by atoms with Crippen molar-refractivity contribution in [1.29, 1.82) is 5.26 Å². The van der Waals surface area contributed by atoms with E-state index in [9.17, 15) is 5.26 Å². The minimum atomic E-state index is 0.606. The van der Waals surface area contributed by atoms with Crippen LogP contribution < -0.4 is 9.80 Å². The van der Waals surface area contributed by atoms with E-state index in [0.717, 1.165) is 49.1 Å². The van der Waals surface area contributed by atoms with Gasteiger partial charge in [0, 0.05) is 36.6 Å². The first kappa shape index (κ1) is 15.1. The summed E-state index contributed by atoms with van der Waals surface area (Å²) < 4.78 is 0. The fraction of sp³-hybridized carbons (Fsp3) is 0.375. The van der Waals surface area contributed by atoms with Crippen LogP contribution in [0.4, 0.5) is 10.8 Å². The Morgan fingerprint density at radius 1 is 1.23 bits per heavy atom. The van der Waals surface area contributed by atoms with Crippen molar-refractivity contribution in [3.8, 4) is 6.07 Å². The topological polar surface area (TPSA) is 43.2 Å². The van der Waals surface area contributed by atoms with Crippen molar-refractivity contribution in [2.75, 3.05) is 36.0 Å². The predicted octanol–water partition coefficient (Wildman–Crippen LogP) is 3.69. The molecule has 1 fully saturated rings. The van der Waals surface area contributed by atoms with Crippen LogP contribution in [0.3, 0.4) is 0 Å². The number of hydrogen-bond donors (Lipinski definition) is 0. The average molecular weight is 333 g/mol. The SMILES string of the molecule is Cc1csc(N2CCCN(c3ccc(Cl)cc3C#N)CC2)n1. The molecule has 0 unspecified atom stereocenters. The molecule has 2 heterocycles. The van der Waals surface area contributed by atoms with Crippen molar-refractivity contribution in [2.45, 2.75) is 13.3 Å². The Labute approximate surface area is 139 Å². The minimum absolute atomic E-state index is 0.606. The Morgan fingerprint density at radius 3 is 2.73 bits per heavy atom. The van der Waals surface area contributed by atoms with Crippen molar-refractivity contribution in [1.82, 2.24) is 4.98 Å². The lowest BCUT2D eigenvalue weighted by Gasteiger charge is -2.24. The quantitative estimate of drug-likeness (QED) is 0.841. The zero-order valence-corrected chi connectivity index (χ0v) is 14.0. The number of rotatable bonds is 2. The zero-order valence-electron chi connectivity index (χ0n) is 12.4. The standard InChI is InChI=1S/C16H17ClN4S/c1-12-11-22-16(19-12)21-6-2-5-20(7-8-21)15-4-3-14(17)9-13(15)10-18/h3-4,9,11H,2,5-8H2,1H3. The van der Waals surface area contributed by atoms with Gasteiger partial charge >= 0.3 is 0 Å². The molecule has 2 aromatic rings. The van der Waals surface area contributed by atoms with Crippen molar-refractivity contribution in [2.24, 2.45) is 0 Å². The second-order valence-electron chi connectivity index (χ2n) is 5.37. The van der Waals surface area contributed by atoms with Crippen LogP contribution in [0, 0.1) is 18.3 Å². The highest BCUT2D eigenvalue weighted by Gasteiger charge is 2.19. The minimum Gasteiger partial charge on any atom is -0.369 e. The lowest BCUT2D eigenvalue weighted by Crippen LogP contribution is -2.31. The van der Waals surface area contributed by atoms with E-state index in [1.165, 1.54) is 0 Å². The predicted molar refractivity (Wildman–Crippen MR) is 92.1 cm³/mol. The van der Waals surface area contributed by atoms with E-state index in [0.29, 0.717) is 10.6 Å². The Bertz CT molecular complexity index is 706. The molecule has 3 rings (SSSR count). The molecule has 0 saturated carbocycles. The van der Waals surface area contributed by atoms with Crippen LogP contribution in [0.25, 0.3) is 0 Å². The molecule has 114 valence electrons. The van der Waals surface area contributed by atoms with Gasteiger partial charge in [-0.25, -0.2) is 4.98 Å². The molecule has 1 aliphatic heterocycles. The molecular weight excluding hydrogens is 316 g/mol. The van der Waals surface area contributed by atoms with E-state index < -0.39 is 0 Å². The first-order valence-electron chi connectivity index (χ1n) is 7.29. The number of aryl methyl sites for hydroxylation is 1. The lowest BCUT2D eigenvalue weighted by atomic mass is 10.1. The van der Waals surface area contributed by atoms with Gasteiger partial charge in [-0.3, -0.25) is 0 Å². The highest BCUT2D eigenvalue weighted by Crippen LogP contribution is 2.26. The van der Waals surface area contributed by atoms with Gasteiger partial charge in [-0.05, 0) is 31.5 Å². The maximum Gasteiger partial charge on any atom is 0.185 e. The average Bonchev–Trinajstić information content (AvgIpc) is 2.81. The fourth-order valence-electron chi connectivity index (χ4n) is 2.71. The Morgan fingerprint density at radius 2 is 2.00 bits per heavy atom. The normalized spacial score (nSPS) is 15.5. The first-order chi connectivity index (χ1) is 10.7. The third-order valence-electron chi connectivity index (χ3n) is 3.79. The monoisotopic (exact) mass is 332 g/mol. The van der Waals surface area contributed by atoms with Crippen molar-refractivity contribution < 1.29 is 0 Å². The molecule has 0 radical (unpaired) electrons. The van der Waals surface area contributed by atoms with Crippen LogP contribution in [-0.4, -0.2) is 31.2 Å². The summed E-state index contributed by atoms with van der Waals surface area (Å²) in [5.41, 5.74) is 2.70. The third-order valence-corrected chi connectivity index (χ3v) is 5.05. The molecule has 0 atom stereocenters. The van der Waals surface area contributed by atoms with Gasteiger partial charge in [-0.15, -0.1) is 11.3 Å². The Hall–Kier alpha value is -1.77. The third kappa shape index (κ3) is 3.18. The summed E-state index contributed by atoms with van der Waals surface area (Å²) in [4.78, 5) is 9.18. The molecule has 4 nitrogen and oxygen atoms in total. The summed E-state index contributed by atoms with van der Waals surface area (Å²) in [5.74, 6) is 0. The first-order valence-corrected chi connectivity index (χ1v) is 8.55. The lowest BCUT2D eigenvalue weighted by molar-refractivity contribution is 0.803. The van der Waals surface area contributed by atoms with E-state index in [2.05, 4.69) is 26.2 Å². The summed E-state index contributed by atoms with van der Waals surface area (Å²) >= 11 is 7.69. The largest absolute Gasteiger partial charge is 0.369 e. The summed E-state index contributed by atoms with van der Waals surface area (Å²) in [7, 11) is 0. The van der Waals surface area contributed by atoms with Gasteiger partial charge in [0.2, 0.25) is 0 Å². The van der Waals surface area contributed by atoms with Gasteiger partial charge in [0.05, 0.1) is 16.9 Å². The van der Waals surface area contributed by atoms with Gasteiger partial charge in [0.15, 0.2) is 5.13 Å². The number of nitriles is 1. The highest BCUT2D eigenvalue weighted by atomic mass is 35.5. The molecule has 0 amide bonds. The van der Waals surface area contributed by atoms with Crippen molar-refractivity contribution >= 4 is 33.8 Å². The van der Waals surface area contributed by atoms with Gasteiger partial charge < -0.3 is 9.80 Å². The number of nitrogens with zero attached hydrogens (tertiary/aromatic N) is 4. The Kier molecular flexibility index (Phi) is 4.51. The molecule has 0 N–H and O–H groups in total. The maximum absolute atomic E-state index is 9.32. The maximum atomic E-state index is 9.32. The highest BCUT2D eigenvalue weighted by molar-refractivity contribution is 7.13. The zero-order chi connectivity index (χ0) is 15.5. The van der Waals surface area contributed by atoms with E-state index in [1.54, 1.807) is 17.4 Å². The Balaban J connectivity index is 1.77. The van der Waals surface area contributed by atoms with Crippen LogP contribution in [-0.2, 0) is 0 Å². The smallest absolute Gasteiger partial charge is 0.185 e. The second-order valence-corrected chi connectivity index (χ2v) is 6.65. The van der Waals surface area contributed by atoms with Gasteiger partial charge in [0.1, 0.15) is 6.07 Å². The number of benzene rings is 1.